The van der Waals surface area contributed by atoms with Crippen LogP contribution in [0.5, 0.6) is 5.75 Å². The predicted octanol–water partition coefficient (Wildman–Crippen LogP) is 7.44. The number of alkyl halides is 3. The van der Waals surface area contributed by atoms with Crippen molar-refractivity contribution >= 4 is 35.2 Å². The number of carbonyl (C=O) groups is 3. The fourth-order valence-corrected chi connectivity index (χ4v) is 5.28. The number of rotatable bonds is 13. The van der Waals surface area contributed by atoms with Crippen LogP contribution in [-0.4, -0.2) is 39.7 Å². The Bertz CT molecular complexity index is 1710. The van der Waals surface area contributed by atoms with Crippen molar-refractivity contribution < 1.29 is 37.4 Å². The summed E-state index contributed by atoms with van der Waals surface area (Å²) < 4.78 is 45.1. The second-order valence-corrected chi connectivity index (χ2v) is 11.6. The molecule has 0 spiro atoms. The van der Waals surface area contributed by atoms with E-state index in [1.54, 1.807) is 36.4 Å². The van der Waals surface area contributed by atoms with Gasteiger partial charge in [-0.3, -0.25) is 19.4 Å². The van der Waals surface area contributed by atoms with Crippen molar-refractivity contribution in [2.75, 3.05) is 11.1 Å². The molecule has 3 aromatic carbocycles. The lowest BCUT2D eigenvalue weighted by molar-refractivity contribution is -0.138. The number of hydrogen-bond donors (Lipinski definition) is 3. The first-order valence-corrected chi connectivity index (χ1v) is 15.5. The molecule has 1 aromatic heterocycles. The summed E-state index contributed by atoms with van der Waals surface area (Å²) in [6.45, 7) is 3.63. The Labute approximate surface area is 268 Å². The summed E-state index contributed by atoms with van der Waals surface area (Å²) in [5, 5.41) is 14.4. The van der Waals surface area contributed by atoms with Crippen molar-refractivity contribution in [1.29, 1.82) is 0 Å². The van der Waals surface area contributed by atoms with Crippen LogP contribution < -0.4 is 15.4 Å². The lowest BCUT2D eigenvalue weighted by Crippen LogP contribution is -2.23. The number of anilines is 1. The first-order chi connectivity index (χ1) is 21.9. The Morgan fingerprint density at radius 1 is 0.913 bits per heavy atom. The molecule has 0 unspecified atom stereocenters. The van der Waals surface area contributed by atoms with Crippen LogP contribution in [0.1, 0.15) is 57.7 Å². The molecule has 46 heavy (non-hydrogen) atoms. The number of carboxylic acids is 1. The van der Waals surface area contributed by atoms with Gasteiger partial charge < -0.3 is 20.5 Å². The van der Waals surface area contributed by atoms with Crippen LogP contribution in [0, 0.1) is 0 Å². The normalized spacial score (nSPS) is 11.3. The molecule has 0 aliphatic rings. The maximum atomic E-state index is 13.3. The SMILES string of the molecule is CC(C)Oc1ccc(NC(=O)c2cccc(CSCCC(=O)O)c2)c(-c2cc(C(=O)NCc3cccc(C(F)(F)F)c3)ccn2)c1. The maximum Gasteiger partial charge on any atom is 0.416 e. The lowest BCUT2D eigenvalue weighted by Gasteiger charge is -2.16. The summed E-state index contributed by atoms with van der Waals surface area (Å²) >= 11 is 1.46. The number of nitrogens with zero attached hydrogens (tertiary/aromatic N) is 1. The third-order valence-electron chi connectivity index (χ3n) is 6.53. The van der Waals surface area contributed by atoms with Crippen molar-refractivity contribution in [1.82, 2.24) is 10.3 Å². The van der Waals surface area contributed by atoms with E-state index in [1.165, 1.54) is 42.2 Å². The molecule has 0 atom stereocenters. The zero-order valence-electron chi connectivity index (χ0n) is 25.1. The van der Waals surface area contributed by atoms with Crippen molar-refractivity contribution in [2.24, 2.45) is 0 Å². The molecule has 0 fully saturated rings. The number of amides is 2. The topological polar surface area (TPSA) is 118 Å². The van der Waals surface area contributed by atoms with Gasteiger partial charge in [0.1, 0.15) is 5.75 Å². The number of nitrogens with one attached hydrogen (secondary N) is 2. The van der Waals surface area contributed by atoms with Crippen LogP contribution >= 0.6 is 11.8 Å². The molecule has 8 nitrogen and oxygen atoms in total. The summed E-state index contributed by atoms with van der Waals surface area (Å²) in [6.07, 6.45) is -3.14. The highest BCUT2D eigenvalue weighted by molar-refractivity contribution is 7.98. The number of carbonyl (C=O) groups excluding carboxylic acids is 2. The molecule has 0 saturated heterocycles. The van der Waals surface area contributed by atoms with E-state index in [-0.39, 0.29) is 30.5 Å². The van der Waals surface area contributed by atoms with Crippen LogP contribution in [0.4, 0.5) is 18.9 Å². The Kier molecular flexibility index (Phi) is 11.4. The summed E-state index contributed by atoms with van der Waals surface area (Å²) in [5.41, 5.74) is 2.25. The van der Waals surface area contributed by atoms with Gasteiger partial charge in [0.2, 0.25) is 0 Å². The van der Waals surface area contributed by atoms with Gasteiger partial charge in [0, 0.05) is 40.9 Å². The van der Waals surface area contributed by atoms with Gasteiger partial charge in [-0.05, 0) is 79.6 Å². The van der Waals surface area contributed by atoms with E-state index in [1.807, 2.05) is 19.9 Å². The first-order valence-electron chi connectivity index (χ1n) is 14.3. The first kappa shape index (κ1) is 34.0. The minimum Gasteiger partial charge on any atom is -0.491 e. The third kappa shape index (κ3) is 9.83. The average Bonchev–Trinajstić information content (AvgIpc) is 3.02. The number of halogens is 3. The predicted molar refractivity (Wildman–Crippen MR) is 171 cm³/mol. The van der Waals surface area contributed by atoms with Gasteiger partial charge in [-0.1, -0.05) is 24.3 Å². The molecule has 0 saturated carbocycles. The number of thioether (sulfide) groups is 1. The molecule has 4 rings (SSSR count). The van der Waals surface area contributed by atoms with E-state index < -0.39 is 23.6 Å². The maximum absolute atomic E-state index is 13.3. The molecule has 12 heteroatoms. The highest BCUT2D eigenvalue weighted by Gasteiger charge is 2.30. The summed E-state index contributed by atoms with van der Waals surface area (Å²) in [7, 11) is 0. The molecule has 0 radical (unpaired) electrons. The molecule has 0 aliphatic heterocycles. The highest BCUT2D eigenvalue weighted by atomic mass is 32.2. The molecule has 4 aromatic rings. The van der Waals surface area contributed by atoms with Crippen LogP contribution in [-0.2, 0) is 23.3 Å². The zero-order chi connectivity index (χ0) is 33.3. The molecular weight excluding hydrogens is 619 g/mol. The molecule has 240 valence electrons. The van der Waals surface area contributed by atoms with E-state index in [2.05, 4.69) is 15.6 Å². The van der Waals surface area contributed by atoms with Gasteiger partial charge in [-0.25, -0.2) is 0 Å². The molecule has 1 heterocycles. The lowest BCUT2D eigenvalue weighted by atomic mass is 10.0. The summed E-state index contributed by atoms with van der Waals surface area (Å²) in [6, 6.07) is 19.9. The second kappa shape index (κ2) is 15.4. The summed E-state index contributed by atoms with van der Waals surface area (Å²) in [5.74, 6) is -0.241. The quantitative estimate of drug-likeness (QED) is 0.129. The monoisotopic (exact) mass is 651 g/mol. The van der Waals surface area contributed by atoms with Crippen molar-refractivity contribution in [3.05, 3.63) is 113 Å². The van der Waals surface area contributed by atoms with Gasteiger partial charge in [0.15, 0.2) is 0 Å². The minimum atomic E-state index is -4.49. The Morgan fingerprint density at radius 2 is 1.65 bits per heavy atom. The van der Waals surface area contributed by atoms with Crippen LogP contribution in [0.25, 0.3) is 11.3 Å². The average molecular weight is 652 g/mol. The Balaban J connectivity index is 1.54. The molecule has 2 amide bonds. The van der Waals surface area contributed by atoms with E-state index in [9.17, 15) is 27.6 Å². The fraction of sp³-hybridized carbons (Fsp3) is 0.235. The second-order valence-electron chi connectivity index (χ2n) is 10.5. The van der Waals surface area contributed by atoms with Crippen molar-refractivity contribution in [3.63, 3.8) is 0 Å². The number of benzene rings is 3. The van der Waals surface area contributed by atoms with E-state index in [0.717, 1.165) is 17.7 Å². The Morgan fingerprint density at radius 3 is 2.39 bits per heavy atom. The van der Waals surface area contributed by atoms with Gasteiger partial charge in [-0.2, -0.15) is 24.9 Å². The number of hydrogen-bond acceptors (Lipinski definition) is 6. The van der Waals surface area contributed by atoms with Crippen LogP contribution in [0.2, 0.25) is 0 Å². The van der Waals surface area contributed by atoms with Gasteiger partial charge >= 0.3 is 12.1 Å². The third-order valence-corrected chi connectivity index (χ3v) is 7.56. The number of pyridine rings is 1. The highest BCUT2D eigenvalue weighted by Crippen LogP contribution is 2.33. The van der Waals surface area contributed by atoms with Crippen molar-refractivity contribution in [3.8, 4) is 17.0 Å². The summed E-state index contributed by atoms with van der Waals surface area (Å²) in [4.78, 5) is 41.5. The fourth-order valence-electron chi connectivity index (χ4n) is 4.40. The number of aromatic nitrogens is 1. The minimum absolute atomic E-state index is 0.0524. The van der Waals surface area contributed by atoms with Crippen LogP contribution in [0.3, 0.4) is 0 Å². The molecule has 0 aliphatic carbocycles. The van der Waals surface area contributed by atoms with Gasteiger partial charge in [0.25, 0.3) is 11.8 Å². The standard InChI is InChI=1S/C34H32F3N3O5S/c1-21(2)45-27-9-10-29(40-33(44)24-7-3-6-23(15-24)20-46-14-12-31(41)42)28(18-27)30-17-25(11-13-38-30)32(43)39-19-22-5-4-8-26(16-22)34(35,36)37/h3-11,13,15-18,21H,12,14,19-20H2,1-2H3,(H,39,43)(H,40,44)(H,41,42). The largest absolute Gasteiger partial charge is 0.491 e. The van der Waals surface area contributed by atoms with E-state index in [4.69, 9.17) is 9.84 Å². The Hall–Kier alpha value is -4.84. The number of ether oxygens (including phenoxy) is 1. The molecular formula is C34H32F3N3O5S. The van der Waals surface area contributed by atoms with E-state index >= 15 is 0 Å². The number of aliphatic carboxylic acids is 1. The zero-order valence-corrected chi connectivity index (χ0v) is 25.9. The van der Waals surface area contributed by atoms with E-state index in [0.29, 0.717) is 45.3 Å². The number of carboxylic acid groups (broad SMARTS) is 1. The smallest absolute Gasteiger partial charge is 0.416 e. The molecule has 0 bridgehead atoms. The van der Waals surface area contributed by atoms with Crippen molar-refractivity contribution in [2.45, 2.75) is 44.8 Å². The van der Waals surface area contributed by atoms with Gasteiger partial charge in [-0.15, -0.1) is 0 Å². The van der Waals surface area contributed by atoms with Gasteiger partial charge in [0.05, 0.1) is 29.5 Å². The molecule has 3 N–H and O–H groups in total. The van der Waals surface area contributed by atoms with Crippen LogP contribution in [0.15, 0.2) is 85.1 Å².